The third-order valence-corrected chi connectivity index (χ3v) is 4.94. The van der Waals surface area contributed by atoms with Gasteiger partial charge in [0.2, 0.25) is 5.89 Å². The molecule has 142 valence electrons. The summed E-state index contributed by atoms with van der Waals surface area (Å²) in [5, 5.41) is 26.0. The Labute approximate surface area is 165 Å². The van der Waals surface area contributed by atoms with Crippen molar-refractivity contribution in [2.75, 3.05) is 18.4 Å². The van der Waals surface area contributed by atoms with E-state index in [2.05, 4.69) is 41.0 Å². The smallest absolute Gasteiger partial charge is 0.315 e. The molecule has 0 unspecified atom stereocenters. The van der Waals surface area contributed by atoms with Crippen LogP contribution in [0.5, 0.6) is 0 Å². The Balaban J connectivity index is 1.29. The summed E-state index contributed by atoms with van der Waals surface area (Å²) in [6.45, 7) is 3.12. The van der Waals surface area contributed by atoms with Crippen molar-refractivity contribution in [3.63, 3.8) is 0 Å². The van der Waals surface area contributed by atoms with Gasteiger partial charge < -0.3 is 9.73 Å². The zero-order chi connectivity index (χ0) is 18.6. The molecule has 2 aromatic heterocycles. The molecule has 27 heavy (non-hydrogen) atoms. The van der Waals surface area contributed by atoms with Crippen molar-refractivity contribution in [1.29, 1.82) is 0 Å². The first-order valence-electron chi connectivity index (χ1n) is 8.63. The van der Waals surface area contributed by atoms with E-state index in [1.165, 1.54) is 0 Å². The maximum Gasteiger partial charge on any atom is 0.315 e. The highest BCUT2D eigenvalue weighted by atomic mass is 35.5. The first-order valence-corrected chi connectivity index (χ1v) is 9.38. The van der Waals surface area contributed by atoms with Crippen LogP contribution in [-0.2, 0) is 13.1 Å². The Kier molecular flexibility index (Phi) is 5.51. The van der Waals surface area contributed by atoms with Gasteiger partial charge in [0.25, 0.3) is 0 Å². The number of rotatable bonds is 6. The minimum atomic E-state index is 0.263. The quantitative estimate of drug-likeness (QED) is 0.640. The molecule has 3 heterocycles. The van der Waals surface area contributed by atoms with Crippen molar-refractivity contribution in [2.24, 2.45) is 0 Å². The van der Waals surface area contributed by atoms with Crippen molar-refractivity contribution in [2.45, 2.75) is 31.8 Å². The van der Waals surface area contributed by atoms with E-state index in [1.54, 1.807) is 6.07 Å². The average Bonchev–Trinajstić information content (AvgIpc) is 3.32. The van der Waals surface area contributed by atoms with E-state index in [-0.39, 0.29) is 5.92 Å². The fourth-order valence-corrected chi connectivity index (χ4v) is 3.75. The van der Waals surface area contributed by atoms with Gasteiger partial charge in [0, 0.05) is 22.5 Å². The lowest BCUT2D eigenvalue weighted by Gasteiger charge is -2.30. The summed E-state index contributed by atoms with van der Waals surface area (Å²) >= 11 is 12.2. The van der Waals surface area contributed by atoms with Gasteiger partial charge in [0.15, 0.2) is 5.82 Å². The molecule has 2 N–H and O–H groups in total. The zero-order valence-electron chi connectivity index (χ0n) is 14.4. The van der Waals surface area contributed by atoms with Crippen LogP contribution in [0.1, 0.15) is 36.0 Å². The minimum Gasteiger partial charge on any atom is -0.408 e. The summed E-state index contributed by atoms with van der Waals surface area (Å²) in [5.41, 5.74) is 1.12. The van der Waals surface area contributed by atoms with Gasteiger partial charge in [0.05, 0.1) is 6.54 Å². The van der Waals surface area contributed by atoms with Crippen molar-refractivity contribution in [3.8, 4) is 0 Å². The SMILES string of the molecule is Clc1cc(Cl)cc(CN2CCC(c3nnc(NCc4nnn[nH]4)o3)CC2)c1. The van der Waals surface area contributed by atoms with Crippen molar-refractivity contribution in [3.05, 3.63) is 45.5 Å². The van der Waals surface area contributed by atoms with Crippen LogP contribution in [0, 0.1) is 0 Å². The molecule has 9 nitrogen and oxygen atoms in total. The molecule has 0 radical (unpaired) electrons. The van der Waals surface area contributed by atoms with Crippen LogP contribution in [0.2, 0.25) is 10.0 Å². The number of H-pyrrole nitrogens is 1. The van der Waals surface area contributed by atoms with E-state index in [0.29, 0.717) is 34.3 Å². The number of tetrazole rings is 1. The van der Waals surface area contributed by atoms with E-state index in [1.807, 2.05) is 12.1 Å². The normalized spacial score (nSPS) is 15.9. The molecule has 0 bridgehead atoms. The number of anilines is 1. The number of benzene rings is 1. The molecular formula is C16H18Cl2N8O. The second kappa shape index (κ2) is 8.20. The highest BCUT2D eigenvalue weighted by Gasteiger charge is 2.25. The topological polar surface area (TPSA) is 109 Å². The van der Waals surface area contributed by atoms with Crippen molar-refractivity contribution >= 4 is 29.2 Å². The summed E-state index contributed by atoms with van der Waals surface area (Å²) in [5.74, 6) is 1.53. The van der Waals surface area contributed by atoms with Gasteiger partial charge in [-0.3, -0.25) is 4.90 Å². The molecule has 0 saturated carbocycles. The second-order valence-corrected chi connectivity index (χ2v) is 7.35. The molecule has 0 spiro atoms. The van der Waals surface area contributed by atoms with Gasteiger partial charge in [-0.05, 0) is 60.1 Å². The predicted octanol–water partition coefficient (Wildman–Crippen LogP) is 2.88. The van der Waals surface area contributed by atoms with Crippen molar-refractivity contribution < 1.29 is 4.42 Å². The Morgan fingerprint density at radius 2 is 1.89 bits per heavy atom. The highest BCUT2D eigenvalue weighted by molar-refractivity contribution is 6.34. The Bertz CT molecular complexity index is 856. The van der Waals surface area contributed by atoms with Gasteiger partial charge in [-0.15, -0.1) is 10.2 Å². The van der Waals surface area contributed by atoms with Gasteiger partial charge in [0.1, 0.15) is 0 Å². The molecule has 11 heteroatoms. The molecule has 0 aliphatic carbocycles. The fourth-order valence-electron chi connectivity index (χ4n) is 3.18. The molecule has 1 fully saturated rings. The second-order valence-electron chi connectivity index (χ2n) is 6.48. The monoisotopic (exact) mass is 408 g/mol. The number of nitrogens with one attached hydrogen (secondary N) is 2. The molecular weight excluding hydrogens is 391 g/mol. The number of hydrogen-bond acceptors (Lipinski definition) is 8. The number of hydrogen-bond donors (Lipinski definition) is 2. The van der Waals surface area contributed by atoms with Crippen molar-refractivity contribution in [1.82, 2.24) is 35.7 Å². The largest absolute Gasteiger partial charge is 0.408 e. The van der Waals surface area contributed by atoms with Crippen LogP contribution >= 0.6 is 23.2 Å². The molecule has 0 atom stereocenters. The van der Waals surface area contributed by atoms with Crippen LogP contribution in [0.4, 0.5) is 6.01 Å². The highest BCUT2D eigenvalue weighted by Crippen LogP contribution is 2.29. The molecule has 4 rings (SSSR count). The molecule has 3 aromatic rings. The lowest BCUT2D eigenvalue weighted by atomic mass is 9.96. The summed E-state index contributed by atoms with van der Waals surface area (Å²) in [6, 6.07) is 6.04. The summed E-state index contributed by atoms with van der Waals surface area (Å²) in [4.78, 5) is 2.38. The zero-order valence-corrected chi connectivity index (χ0v) is 15.9. The van der Waals surface area contributed by atoms with Crippen LogP contribution in [0.3, 0.4) is 0 Å². The molecule has 1 saturated heterocycles. The van der Waals surface area contributed by atoms with E-state index >= 15 is 0 Å². The number of halogens is 2. The number of likely N-dealkylation sites (tertiary alicyclic amines) is 1. The predicted molar refractivity (Wildman–Crippen MR) is 99.5 cm³/mol. The van der Waals surface area contributed by atoms with Gasteiger partial charge >= 0.3 is 6.01 Å². The fraction of sp³-hybridized carbons (Fsp3) is 0.438. The lowest BCUT2D eigenvalue weighted by molar-refractivity contribution is 0.193. The maximum atomic E-state index is 6.08. The van der Waals surface area contributed by atoms with Gasteiger partial charge in [-0.1, -0.05) is 28.3 Å². The van der Waals surface area contributed by atoms with Crippen LogP contribution < -0.4 is 5.32 Å². The Hall–Kier alpha value is -2.23. The van der Waals surface area contributed by atoms with E-state index in [9.17, 15) is 0 Å². The van der Waals surface area contributed by atoms with E-state index in [0.717, 1.165) is 38.0 Å². The molecule has 0 amide bonds. The standard InChI is InChI=1S/C16H18Cl2N8O/c17-12-5-10(6-13(18)7-12)9-26-3-1-11(2-4-26)15-22-23-16(27-15)19-8-14-20-24-25-21-14/h5-7,11H,1-4,8-9H2,(H,19,23)(H,20,21,24,25). The van der Waals surface area contributed by atoms with Crippen LogP contribution in [0.15, 0.2) is 22.6 Å². The summed E-state index contributed by atoms with van der Waals surface area (Å²) in [7, 11) is 0. The number of aromatic nitrogens is 6. The molecule has 1 aromatic carbocycles. The Morgan fingerprint density at radius 3 is 2.59 bits per heavy atom. The summed E-state index contributed by atoms with van der Waals surface area (Å²) in [6.07, 6.45) is 1.92. The molecule has 1 aliphatic rings. The first kappa shape index (κ1) is 18.1. The van der Waals surface area contributed by atoms with Gasteiger partial charge in [-0.25, -0.2) is 5.10 Å². The number of aromatic amines is 1. The Morgan fingerprint density at radius 1 is 1.11 bits per heavy atom. The minimum absolute atomic E-state index is 0.263. The average molecular weight is 409 g/mol. The number of piperidine rings is 1. The first-order chi connectivity index (χ1) is 13.2. The number of nitrogens with zero attached hydrogens (tertiary/aromatic N) is 6. The van der Waals surface area contributed by atoms with E-state index in [4.69, 9.17) is 27.6 Å². The van der Waals surface area contributed by atoms with Crippen LogP contribution in [-0.4, -0.2) is 48.8 Å². The van der Waals surface area contributed by atoms with Crippen LogP contribution in [0.25, 0.3) is 0 Å². The van der Waals surface area contributed by atoms with Gasteiger partial charge in [-0.2, -0.15) is 0 Å². The third-order valence-electron chi connectivity index (χ3n) is 4.50. The molecule has 1 aliphatic heterocycles. The van der Waals surface area contributed by atoms with E-state index < -0.39 is 0 Å². The summed E-state index contributed by atoms with van der Waals surface area (Å²) < 4.78 is 5.74. The maximum absolute atomic E-state index is 6.08. The lowest BCUT2D eigenvalue weighted by Crippen LogP contribution is -2.32. The third kappa shape index (κ3) is 4.74.